The van der Waals surface area contributed by atoms with Crippen LogP contribution in [0.1, 0.15) is 27.0 Å². The molecule has 4 rings (SSSR count). The van der Waals surface area contributed by atoms with Crippen molar-refractivity contribution in [2.45, 2.75) is 11.5 Å². The van der Waals surface area contributed by atoms with Crippen LogP contribution in [0.3, 0.4) is 0 Å². The second-order valence-corrected chi connectivity index (χ2v) is 9.13. The molecule has 2 amide bonds. The SMILES string of the molecule is O=C(COc1ccc(/C=N\NC(=O)c2ccc(CSCc3ccccc3)cc2)cc1)Nc1ccccc1. The number of nitrogens with one attached hydrogen (secondary N) is 2. The van der Waals surface area contributed by atoms with Gasteiger partial charge in [0.25, 0.3) is 11.8 Å². The molecule has 0 fully saturated rings. The number of amides is 2. The lowest BCUT2D eigenvalue weighted by molar-refractivity contribution is -0.118. The number of hydrogen-bond acceptors (Lipinski definition) is 5. The van der Waals surface area contributed by atoms with Crippen molar-refractivity contribution >= 4 is 35.5 Å². The van der Waals surface area contributed by atoms with Crippen LogP contribution in [0.2, 0.25) is 0 Å². The van der Waals surface area contributed by atoms with E-state index in [-0.39, 0.29) is 18.4 Å². The van der Waals surface area contributed by atoms with Crippen LogP contribution < -0.4 is 15.5 Å². The summed E-state index contributed by atoms with van der Waals surface area (Å²) in [7, 11) is 0. The normalized spacial score (nSPS) is 10.7. The smallest absolute Gasteiger partial charge is 0.271 e. The van der Waals surface area contributed by atoms with Gasteiger partial charge in [0.2, 0.25) is 0 Å². The van der Waals surface area contributed by atoms with Crippen molar-refractivity contribution in [2.75, 3.05) is 11.9 Å². The summed E-state index contributed by atoms with van der Waals surface area (Å²) in [5.74, 6) is 1.88. The molecule has 0 saturated carbocycles. The van der Waals surface area contributed by atoms with Crippen LogP contribution >= 0.6 is 11.8 Å². The molecule has 186 valence electrons. The molecule has 4 aromatic carbocycles. The Morgan fingerprint density at radius 1 is 0.757 bits per heavy atom. The van der Waals surface area contributed by atoms with Crippen molar-refractivity contribution in [3.63, 3.8) is 0 Å². The summed E-state index contributed by atoms with van der Waals surface area (Å²) >= 11 is 1.84. The molecule has 0 aliphatic heterocycles. The van der Waals surface area contributed by atoms with E-state index >= 15 is 0 Å². The highest BCUT2D eigenvalue weighted by molar-refractivity contribution is 7.97. The minimum absolute atomic E-state index is 0.0944. The van der Waals surface area contributed by atoms with E-state index in [1.165, 1.54) is 11.1 Å². The van der Waals surface area contributed by atoms with Crippen LogP contribution in [0.25, 0.3) is 0 Å². The number of carbonyl (C=O) groups is 2. The third-order valence-electron chi connectivity index (χ3n) is 5.28. The number of anilines is 1. The topological polar surface area (TPSA) is 79.8 Å². The van der Waals surface area contributed by atoms with Gasteiger partial charge in [0.15, 0.2) is 6.61 Å². The van der Waals surface area contributed by atoms with Gasteiger partial charge in [0.05, 0.1) is 6.21 Å². The Kier molecular flexibility index (Phi) is 9.49. The summed E-state index contributed by atoms with van der Waals surface area (Å²) in [5, 5.41) is 6.81. The summed E-state index contributed by atoms with van der Waals surface area (Å²) in [5.41, 5.74) is 7.07. The summed E-state index contributed by atoms with van der Waals surface area (Å²) in [4.78, 5) is 24.4. The molecule has 2 N–H and O–H groups in total. The molecule has 6 nitrogen and oxygen atoms in total. The lowest BCUT2D eigenvalue weighted by Gasteiger charge is -2.07. The fourth-order valence-electron chi connectivity index (χ4n) is 3.36. The van der Waals surface area contributed by atoms with Crippen LogP contribution in [-0.4, -0.2) is 24.6 Å². The van der Waals surface area contributed by atoms with Gasteiger partial charge in [-0.3, -0.25) is 9.59 Å². The highest BCUT2D eigenvalue weighted by atomic mass is 32.2. The van der Waals surface area contributed by atoms with Crippen LogP contribution in [0.15, 0.2) is 114 Å². The van der Waals surface area contributed by atoms with E-state index in [0.29, 0.717) is 11.3 Å². The molecule has 4 aromatic rings. The number of hydrazone groups is 1. The number of para-hydroxylation sites is 1. The Balaban J connectivity index is 1.18. The maximum Gasteiger partial charge on any atom is 0.271 e. The quantitative estimate of drug-likeness (QED) is 0.195. The minimum Gasteiger partial charge on any atom is -0.484 e. The summed E-state index contributed by atoms with van der Waals surface area (Å²) in [6.45, 7) is -0.0944. The molecular formula is C30H27N3O3S. The largest absolute Gasteiger partial charge is 0.484 e. The Morgan fingerprint density at radius 3 is 2.05 bits per heavy atom. The van der Waals surface area contributed by atoms with E-state index in [0.717, 1.165) is 22.8 Å². The van der Waals surface area contributed by atoms with Crippen LogP contribution in [0.4, 0.5) is 5.69 Å². The first kappa shape index (κ1) is 25.7. The summed E-state index contributed by atoms with van der Waals surface area (Å²) in [6, 6.07) is 34.2. The van der Waals surface area contributed by atoms with Crippen LogP contribution in [-0.2, 0) is 16.3 Å². The molecule has 0 saturated heterocycles. The lowest BCUT2D eigenvalue weighted by atomic mass is 10.1. The Morgan fingerprint density at radius 2 is 1.38 bits per heavy atom. The van der Waals surface area contributed by atoms with Gasteiger partial charge in [-0.1, -0.05) is 60.7 Å². The predicted octanol–water partition coefficient (Wildman–Crippen LogP) is 5.90. The highest BCUT2D eigenvalue weighted by Gasteiger charge is 2.05. The van der Waals surface area contributed by atoms with Crippen LogP contribution in [0, 0.1) is 0 Å². The van der Waals surface area contributed by atoms with Crippen molar-refractivity contribution in [2.24, 2.45) is 5.10 Å². The van der Waals surface area contributed by atoms with E-state index < -0.39 is 0 Å². The van der Waals surface area contributed by atoms with Gasteiger partial charge in [-0.2, -0.15) is 16.9 Å². The molecule has 0 radical (unpaired) electrons. The van der Waals surface area contributed by atoms with E-state index in [2.05, 4.69) is 28.0 Å². The number of nitrogens with zero attached hydrogens (tertiary/aromatic N) is 1. The lowest BCUT2D eigenvalue weighted by Crippen LogP contribution is -2.20. The van der Waals surface area contributed by atoms with Crippen molar-refractivity contribution in [3.8, 4) is 5.75 Å². The first-order valence-corrected chi connectivity index (χ1v) is 12.9. The first-order chi connectivity index (χ1) is 18.2. The van der Waals surface area contributed by atoms with Gasteiger partial charge in [0, 0.05) is 22.8 Å². The van der Waals surface area contributed by atoms with Gasteiger partial charge in [-0.15, -0.1) is 0 Å². The zero-order valence-corrected chi connectivity index (χ0v) is 21.0. The molecule has 7 heteroatoms. The third kappa shape index (κ3) is 8.66. The minimum atomic E-state index is -0.274. The van der Waals surface area contributed by atoms with Crippen molar-refractivity contribution in [1.82, 2.24) is 5.43 Å². The van der Waals surface area contributed by atoms with Gasteiger partial charge in [-0.25, -0.2) is 5.43 Å². The summed E-state index contributed by atoms with van der Waals surface area (Å²) < 4.78 is 5.52. The van der Waals surface area contributed by atoms with Gasteiger partial charge in [-0.05, 0) is 65.2 Å². The molecule has 0 bridgehead atoms. The molecule has 0 aliphatic rings. The fraction of sp³-hybridized carbons (Fsp3) is 0.100. The number of ether oxygens (including phenoxy) is 1. The number of thioether (sulfide) groups is 1. The number of carbonyl (C=O) groups excluding carboxylic acids is 2. The van der Waals surface area contributed by atoms with Gasteiger partial charge in [0.1, 0.15) is 5.75 Å². The first-order valence-electron chi connectivity index (χ1n) is 11.8. The van der Waals surface area contributed by atoms with E-state index in [1.807, 2.05) is 84.6 Å². The molecule has 0 aliphatic carbocycles. The zero-order valence-electron chi connectivity index (χ0n) is 20.2. The molecule has 0 spiro atoms. The van der Waals surface area contributed by atoms with Crippen molar-refractivity contribution < 1.29 is 14.3 Å². The number of rotatable bonds is 11. The molecule has 37 heavy (non-hydrogen) atoms. The van der Waals surface area contributed by atoms with Crippen molar-refractivity contribution in [1.29, 1.82) is 0 Å². The number of benzene rings is 4. The highest BCUT2D eigenvalue weighted by Crippen LogP contribution is 2.18. The number of hydrogen-bond donors (Lipinski definition) is 2. The molecule has 0 unspecified atom stereocenters. The average molecular weight is 510 g/mol. The second kappa shape index (κ2) is 13.7. The van der Waals surface area contributed by atoms with Gasteiger partial charge >= 0.3 is 0 Å². The summed E-state index contributed by atoms with van der Waals surface area (Å²) in [6.07, 6.45) is 1.55. The molecule has 0 aromatic heterocycles. The van der Waals surface area contributed by atoms with Gasteiger partial charge < -0.3 is 10.1 Å². The fourth-order valence-corrected chi connectivity index (χ4v) is 4.32. The third-order valence-corrected chi connectivity index (χ3v) is 6.36. The van der Waals surface area contributed by atoms with E-state index in [4.69, 9.17) is 4.74 Å². The maximum atomic E-state index is 12.4. The standard InChI is InChI=1S/C30H27N3O3S/c34-29(32-27-9-5-2-6-10-27)20-36-28-17-13-23(14-18-28)19-31-33-30(35)26-15-11-25(12-16-26)22-37-21-24-7-3-1-4-8-24/h1-19H,20-22H2,(H,32,34)(H,33,35)/b31-19-. The second-order valence-electron chi connectivity index (χ2n) is 8.15. The Hall–Kier alpha value is -4.36. The Labute approximate surface area is 220 Å². The van der Waals surface area contributed by atoms with E-state index in [9.17, 15) is 9.59 Å². The monoisotopic (exact) mass is 509 g/mol. The predicted molar refractivity (Wildman–Crippen MR) is 150 cm³/mol. The van der Waals surface area contributed by atoms with Crippen molar-refractivity contribution in [3.05, 3.63) is 131 Å². The molecular weight excluding hydrogens is 482 g/mol. The Bertz CT molecular complexity index is 1310. The maximum absolute atomic E-state index is 12.4. The van der Waals surface area contributed by atoms with E-state index in [1.54, 1.807) is 30.5 Å². The molecule has 0 atom stereocenters. The average Bonchev–Trinajstić information content (AvgIpc) is 2.94. The molecule has 0 heterocycles. The zero-order chi connectivity index (χ0) is 25.7. The van der Waals surface area contributed by atoms with Crippen LogP contribution in [0.5, 0.6) is 5.75 Å².